The third-order valence-electron chi connectivity index (χ3n) is 6.06. The Morgan fingerprint density at radius 3 is 2.31 bits per heavy atom. The zero-order valence-corrected chi connectivity index (χ0v) is 17.9. The Balaban J connectivity index is 1.66. The Hall–Kier alpha value is -4.02. The molecule has 7 aromatic rings. The molecule has 3 aromatic heterocycles. The zero-order valence-electron chi connectivity index (χ0n) is 17.1. The Morgan fingerprint density at radius 2 is 1.41 bits per heavy atom. The van der Waals surface area contributed by atoms with Crippen molar-refractivity contribution in [1.82, 2.24) is 14.5 Å². The van der Waals surface area contributed by atoms with Crippen molar-refractivity contribution in [2.24, 2.45) is 0 Å². The Labute approximate surface area is 188 Å². The normalized spacial score (nSPS) is 11.8. The summed E-state index contributed by atoms with van der Waals surface area (Å²) in [7, 11) is 0. The molecule has 3 nitrogen and oxygen atoms in total. The maximum Gasteiger partial charge on any atom is 0.179 e. The van der Waals surface area contributed by atoms with Gasteiger partial charge in [0, 0.05) is 48.4 Å². The molecule has 0 bridgehead atoms. The monoisotopic (exact) mass is 427 g/mol. The Morgan fingerprint density at radius 1 is 0.656 bits per heavy atom. The van der Waals surface area contributed by atoms with Crippen molar-refractivity contribution in [2.45, 2.75) is 0 Å². The first-order chi connectivity index (χ1) is 15.9. The van der Waals surface area contributed by atoms with Gasteiger partial charge in [0.15, 0.2) is 5.65 Å². The number of hydrogen-bond acceptors (Lipinski definition) is 3. The SMILES string of the molecule is c1ccc(-n2c(-c3cccc4c3sc3ccccc34)nc3ncc4ccccc4c32)cc1. The summed E-state index contributed by atoms with van der Waals surface area (Å²) in [6.45, 7) is 0. The first-order valence-corrected chi connectivity index (χ1v) is 11.4. The average molecular weight is 428 g/mol. The summed E-state index contributed by atoms with van der Waals surface area (Å²) in [5.41, 5.74) is 4.03. The summed E-state index contributed by atoms with van der Waals surface area (Å²) in [5.74, 6) is 0.923. The lowest BCUT2D eigenvalue weighted by molar-refractivity contribution is 1.11. The molecule has 0 saturated carbocycles. The minimum Gasteiger partial charge on any atom is -0.290 e. The molecular formula is C28H17N3S. The molecule has 0 fully saturated rings. The van der Waals surface area contributed by atoms with Crippen molar-refractivity contribution in [3.8, 4) is 17.1 Å². The van der Waals surface area contributed by atoms with Gasteiger partial charge in [-0.25, -0.2) is 9.97 Å². The third-order valence-corrected chi connectivity index (χ3v) is 7.28. The third kappa shape index (κ3) is 2.47. The lowest BCUT2D eigenvalue weighted by Gasteiger charge is -2.11. The lowest BCUT2D eigenvalue weighted by Crippen LogP contribution is -1.98. The highest BCUT2D eigenvalue weighted by atomic mass is 32.1. The van der Waals surface area contributed by atoms with Gasteiger partial charge in [0.05, 0.1) is 0 Å². The van der Waals surface area contributed by atoms with E-state index in [-0.39, 0.29) is 0 Å². The molecule has 0 saturated heterocycles. The molecular weight excluding hydrogens is 410 g/mol. The van der Waals surface area contributed by atoms with Gasteiger partial charge in [-0.2, -0.15) is 0 Å². The molecule has 0 spiro atoms. The summed E-state index contributed by atoms with van der Waals surface area (Å²) in [4.78, 5) is 9.82. The molecule has 0 aliphatic carbocycles. The molecule has 4 heteroatoms. The zero-order chi connectivity index (χ0) is 21.1. The largest absolute Gasteiger partial charge is 0.290 e. The van der Waals surface area contributed by atoms with Crippen LogP contribution in [0.25, 0.3) is 59.2 Å². The van der Waals surface area contributed by atoms with Crippen molar-refractivity contribution in [2.75, 3.05) is 0 Å². The number of thiophene rings is 1. The summed E-state index contributed by atoms with van der Waals surface area (Å²) in [6, 6.07) is 34.0. The van der Waals surface area contributed by atoms with Gasteiger partial charge < -0.3 is 0 Å². The quantitative estimate of drug-likeness (QED) is 0.284. The number of benzene rings is 4. The van der Waals surface area contributed by atoms with Gasteiger partial charge in [0.25, 0.3) is 0 Å². The standard InChI is InChI=1S/C28H17N3S/c1-2-10-19(11-3-1)31-25-20-12-5-4-9-18(20)17-29-27(25)30-28(31)23-15-8-14-22-21-13-6-7-16-24(21)32-26(22)23/h1-17H. The maximum absolute atomic E-state index is 5.09. The van der Waals surface area contributed by atoms with Gasteiger partial charge in [-0.1, -0.05) is 72.8 Å². The number of rotatable bonds is 2. The van der Waals surface area contributed by atoms with Crippen LogP contribution < -0.4 is 0 Å². The molecule has 150 valence electrons. The second kappa shape index (κ2) is 6.74. The maximum atomic E-state index is 5.09. The van der Waals surface area contributed by atoms with Gasteiger partial charge in [-0.05, 0) is 24.3 Å². The van der Waals surface area contributed by atoms with Crippen molar-refractivity contribution in [1.29, 1.82) is 0 Å². The molecule has 4 aromatic carbocycles. The first kappa shape index (κ1) is 17.6. The van der Waals surface area contributed by atoms with Crippen LogP contribution >= 0.6 is 11.3 Å². The highest BCUT2D eigenvalue weighted by molar-refractivity contribution is 7.26. The molecule has 0 aliphatic rings. The molecule has 3 heterocycles. The fourth-order valence-electron chi connectivity index (χ4n) is 4.63. The van der Waals surface area contributed by atoms with Crippen molar-refractivity contribution in [3.05, 3.63) is 103 Å². The van der Waals surface area contributed by atoms with E-state index in [1.807, 2.05) is 23.6 Å². The number of pyridine rings is 1. The van der Waals surface area contributed by atoms with E-state index in [1.165, 1.54) is 20.2 Å². The summed E-state index contributed by atoms with van der Waals surface area (Å²) in [5, 5.41) is 4.83. The second-order valence-electron chi connectivity index (χ2n) is 7.90. The van der Waals surface area contributed by atoms with E-state index in [0.717, 1.165) is 39.0 Å². The van der Waals surface area contributed by atoms with E-state index in [4.69, 9.17) is 9.97 Å². The van der Waals surface area contributed by atoms with Gasteiger partial charge in [-0.3, -0.25) is 4.57 Å². The topological polar surface area (TPSA) is 30.7 Å². The molecule has 0 unspecified atom stereocenters. The van der Waals surface area contributed by atoms with Crippen LogP contribution in [0.1, 0.15) is 0 Å². The van der Waals surface area contributed by atoms with Gasteiger partial charge in [0.1, 0.15) is 11.3 Å². The van der Waals surface area contributed by atoms with Crippen LogP contribution in [-0.2, 0) is 0 Å². The van der Waals surface area contributed by atoms with Crippen LogP contribution in [0.15, 0.2) is 103 Å². The van der Waals surface area contributed by atoms with E-state index >= 15 is 0 Å². The van der Waals surface area contributed by atoms with E-state index in [1.54, 1.807) is 0 Å². The second-order valence-corrected chi connectivity index (χ2v) is 8.96. The predicted octanol–water partition coefficient (Wildman–Crippen LogP) is 7.61. The van der Waals surface area contributed by atoms with E-state index < -0.39 is 0 Å². The molecule has 0 aliphatic heterocycles. The van der Waals surface area contributed by atoms with Crippen molar-refractivity contribution < 1.29 is 0 Å². The van der Waals surface area contributed by atoms with E-state index in [2.05, 4.69) is 95.6 Å². The number of imidazole rings is 1. The average Bonchev–Trinajstić information content (AvgIpc) is 3.43. The molecule has 7 rings (SSSR count). The van der Waals surface area contributed by atoms with Crippen molar-refractivity contribution in [3.63, 3.8) is 0 Å². The highest BCUT2D eigenvalue weighted by Gasteiger charge is 2.20. The molecule has 0 N–H and O–H groups in total. The molecule has 0 amide bonds. The van der Waals surface area contributed by atoms with Crippen LogP contribution in [-0.4, -0.2) is 14.5 Å². The number of hydrogen-bond donors (Lipinski definition) is 0. The fourth-order valence-corrected chi connectivity index (χ4v) is 5.84. The van der Waals surface area contributed by atoms with E-state index in [9.17, 15) is 0 Å². The summed E-state index contributed by atoms with van der Waals surface area (Å²) in [6.07, 6.45) is 1.92. The first-order valence-electron chi connectivity index (χ1n) is 10.6. The molecule has 0 radical (unpaired) electrons. The van der Waals surface area contributed by atoms with Gasteiger partial charge in [0.2, 0.25) is 0 Å². The van der Waals surface area contributed by atoms with Crippen LogP contribution in [0, 0.1) is 0 Å². The fraction of sp³-hybridized carbons (Fsp3) is 0. The molecule has 32 heavy (non-hydrogen) atoms. The van der Waals surface area contributed by atoms with Gasteiger partial charge in [-0.15, -0.1) is 11.3 Å². The molecule has 0 atom stereocenters. The number of aromatic nitrogens is 3. The summed E-state index contributed by atoms with van der Waals surface area (Å²) < 4.78 is 4.82. The summed E-state index contributed by atoms with van der Waals surface area (Å²) >= 11 is 1.83. The highest BCUT2D eigenvalue weighted by Crippen LogP contribution is 2.41. The predicted molar refractivity (Wildman–Crippen MR) is 135 cm³/mol. The lowest BCUT2D eigenvalue weighted by atomic mass is 10.1. The van der Waals surface area contributed by atoms with Crippen LogP contribution in [0.2, 0.25) is 0 Å². The Kier molecular flexibility index (Phi) is 3.72. The van der Waals surface area contributed by atoms with Gasteiger partial charge >= 0.3 is 0 Å². The van der Waals surface area contributed by atoms with Crippen LogP contribution in [0.3, 0.4) is 0 Å². The minimum absolute atomic E-state index is 0.765. The number of para-hydroxylation sites is 1. The van der Waals surface area contributed by atoms with Crippen LogP contribution in [0.4, 0.5) is 0 Å². The Bertz CT molecular complexity index is 1780. The number of nitrogens with zero attached hydrogens (tertiary/aromatic N) is 3. The van der Waals surface area contributed by atoms with E-state index in [0.29, 0.717) is 0 Å². The van der Waals surface area contributed by atoms with Crippen LogP contribution in [0.5, 0.6) is 0 Å². The smallest absolute Gasteiger partial charge is 0.179 e. The number of fused-ring (bicyclic) bond motifs is 6. The van der Waals surface area contributed by atoms with Crippen molar-refractivity contribution >= 4 is 53.4 Å². The minimum atomic E-state index is 0.765.